The third kappa shape index (κ3) is 1.93. The molecule has 1 heterocycles. The molecule has 0 atom stereocenters. The third-order valence-electron chi connectivity index (χ3n) is 3.18. The molecule has 0 bridgehead atoms. The van der Waals surface area contributed by atoms with Gasteiger partial charge in [-0.25, -0.2) is 14.2 Å². The fraction of sp³-hybridized carbons (Fsp3) is 0.0667. The van der Waals surface area contributed by atoms with E-state index in [4.69, 9.17) is 5.11 Å². The minimum atomic E-state index is -1.20. The summed E-state index contributed by atoms with van der Waals surface area (Å²) < 4.78 is 13.4. The SMILES string of the molecule is Cc1ccccc1-c1nc2c(C(=O)O)cc(F)cc2[nH]1. The Balaban J connectivity index is 2.28. The maximum absolute atomic E-state index is 13.4. The summed E-state index contributed by atoms with van der Waals surface area (Å²) in [6.07, 6.45) is 0. The number of nitrogens with zero attached hydrogens (tertiary/aromatic N) is 1. The van der Waals surface area contributed by atoms with E-state index in [-0.39, 0.29) is 11.1 Å². The summed E-state index contributed by atoms with van der Waals surface area (Å²) in [5.74, 6) is -1.27. The molecule has 1 aromatic heterocycles. The number of aromatic nitrogens is 2. The Kier molecular flexibility index (Phi) is 2.75. The lowest BCUT2D eigenvalue weighted by Crippen LogP contribution is -1.98. The molecule has 4 nitrogen and oxygen atoms in total. The first-order valence-electron chi connectivity index (χ1n) is 6.05. The normalized spacial score (nSPS) is 10.9. The van der Waals surface area contributed by atoms with Crippen LogP contribution < -0.4 is 0 Å². The van der Waals surface area contributed by atoms with E-state index >= 15 is 0 Å². The van der Waals surface area contributed by atoms with E-state index in [0.29, 0.717) is 11.3 Å². The van der Waals surface area contributed by atoms with Crippen LogP contribution in [-0.4, -0.2) is 21.0 Å². The molecule has 0 amide bonds. The first-order chi connectivity index (χ1) is 9.56. The van der Waals surface area contributed by atoms with E-state index in [1.54, 1.807) is 0 Å². The van der Waals surface area contributed by atoms with Crippen molar-refractivity contribution < 1.29 is 14.3 Å². The van der Waals surface area contributed by atoms with Crippen LogP contribution in [0.1, 0.15) is 15.9 Å². The van der Waals surface area contributed by atoms with Crippen molar-refractivity contribution >= 4 is 17.0 Å². The highest BCUT2D eigenvalue weighted by Gasteiger charge is 2.16. The van der Waals surface area contributed by atoms with Crippen LogP contribution in [-0.2, 0) is 0 Å². The minimum Gasteiger partial charge on any atom is -0.478 e. The van der Waals surface area contributed by atoms with Crippen molar-refractivity contribution in [1.29, 1.82) is 0 Å². The van der Waals surface area contributed by atoms with Crippen molar-refractivity contribution in [1.82, 2.24) is 9.97 Å². The first-order valence-corrected chi connectivity index (χ1v) is 6.05. The molecular formula is C15H11FN2O2. The van der Waals surface area contributed by atoms with E-state index in [9.17, 15) is 9.18 Å². The van der Waals surface area contributed by atoms with E-state index in [1.807, 2.05) is 31.2 Å². The average molecular weight is 270 g/mol. The average Bonchev–Trinajstić information content (AvgIpc) is 2.81. The molecule has 0 fully saturated rings. The molecule has 3 rings (SSSR count). The minimum absolute atomic E-state index is 0.143. The lowest BCUT2D eigenvalue weighted by molar-refractivity contribution is 0.0698. The predicted molar refractivity (Wildman–Crippen MR) is 73.2 cm³/mol. The van der Waals surface area contributed by atoms with Gasteiger partial charge in [0.05, 0.1) is 11.1 Å². The largest absolute Gasteiger partial charge is 0.478 e. The quantitative estimate of drug-likeness (QED) is 0.750. The number of carbonyl (C=O) groups is 1. The Morgan fingerprint density at radius 2 is 2.05 bits per heavy atom. The van der Waals surface area contributed by atoms with Gasteiger partial charge in [-0.1, -0.05) is 24.3 Å². The predicted octanol–water partition coefficient (Wildman–Crippen LogP) is 3.38. The Bertz CT molecular complexity index is 824. The number of fused-ring (bicyclic) bond motifs is 1. The summed E-state index contributed by atoms with van der Waals surface area (Å²) in [4.78, 5) is 18.4. The molecular weight excluding hydrogens is 259 g/mol. The zero-order valence-corrected chi connectivity index (χ0v) is 10.6. The second-order valence-electron chi connectivity index (χ2n) is 4.56. The molecule has 3 aromatic rings. The molecule has 0 saturated carbocycles. The van der Waals surface area contributed by atoms with Gasteiger partial charge in [-0.15, -0.1) is 0 Å². The Morgan fingerprint density at radius 1 is 1.30 bits per heavy atom. The highest BCUT2D eigenvalue weighted by Crippen LogP contribution is 2.26. The number of H-pyrrole nitrogens is 1. The number of carboxylic acids is 1. The Hall–Kier alpha value is -2.69. The van der Waals surface area contributed by atoms with Gasteiger partial charge in [0.15, 0.2) is 0 Å². The third-order valence-corrected chi connectivity index (χ3v) is 3.18. The second-order valence-corrected chi connectivity index (χ2v) is 4.56. The maximum Gasteiger partial charge on any atom is 0.338 e. The van der Waals surface area contributed by atoms with Crippen LogP contribution in [0.15, 0.2) is 36.4 Å². The van der Waals surface area contributed by atoms with Gasteiger partial charge in [-0.2, -0.15) is 0 Å². The monoisotopic (exact) mass is 270 g/mol. The fourth-order valence-electron chi connectivity index (χ4n) is 2.21. The second kappa shape index (κ2) is 4.45. The van der Waals surface area contributed by atoms with Crippen LogP contribution in [0.5, 0.6) is 0 Å². The van der Waals surface area contributed by atoms with E-state index < -0.39 is 11.8 Å². The van der Waals surface area contributed by atoms with Gasteiger partial charge in [0.2, 0.25) is 0 Å². The molecule has 20 heavy (non-hydrogen) atoms. The number of hydrogen-bond donors (Lipinski definition) is 2. The Labute approximate surface area is 113 Å². The molecule has 0 aliphatic heterocycles. The molecule has 2 aromatic carbocycles. The van der Waals surface area contributed by atoms with Crippen molar-refractivity contribution in [3.63, 3.8) is 0 Å². The molecule has 100 valence electrons. The molecule has 5 heteroatoms. The van der Waals surface area contributed by atoms with E-state index in [2.05, 4.69) is 9.97 Å². The van der Waals surface area contributed by atoms with Gasteiger partial charge < -0.3 is 10.1 Å². The number of carboxylic acid groups (broad SMARTS) is 1. The smallest absolute Gasteiger partial charge is 0.338 e. The van der Waals surface area contributed by atoms with Crippen LogP contribution in [0, 0.1) is 12.7 Å². The first kappa shape index (κ1) is 12.3. The standard InChI is InChI=1S/C15H11FN2O2/c1-8-4-2-3-5-10(8)14-17-12-7-9(16)6-11(15(19)20)13(12)18-14/h2-7H,1H3,(H,17,18)(H,19,20). The molecule has 0 spiro atoms. The summed E-state index contributed by atoms with van der Waals surface area (Å²) in [6, 6.07) is 9.81. The number of halogens is 1. The van der Waals surface area contributed by atoms with Crippen molar-refractivity contribution in [3.05, 3.63) is 53.3 Å². The lowest BCUT2D eigenvalue weighted by atomic mass is 10.1. The van der Waals surface area contributed by atoms with Crippen LogP contribution in [0.2, 0.25) is 0 Å². The zero-order valence-electron chi connectivity index (χ0n) is 10.6. The van der Waals surface area contributed by atoms with Gasteiger partial charge in [0, 0.05) is 5.56 Å². The number of rotatable bonds is 2. The van der Waals surface area contributed by atoms with Gasteiger partial charge in [0.25, 0.3) is 0 Å². The van der Waals surface area contributed by atoms with Crippen molar-refractivity contribution in [2.45, 2.75) is 6.92 Å². The molecule has 0 aliphatic rings. The molecule has 0 unspecified atom stereocenters. The number of aromatic carboxylic acids is 1. The summed E-state index contributed by atoms with van der Waals surface area (Å²) in [6.45, 7) is 1.93. The highest BCUT2D eigenvalue weighted by atomic mass is 19.1. The molecule has 0 aliphatic carbocycles. The lowest BCUT2D eigenvalue weighted by Gasteiger charge is -2.00. The number of aromatic amines is 1. The van der Waals surface area contributed by atoms with Gasteiger partial charge >= 0.3 is 5.97 Å². The molecule has 0 saturated heterocycles. The summed E-state index contributed by atoms with van der Waals surface area (Å²) in [5, 5.41) is 9.12. The Morgan fingerprint density at radius 3 is 2.75 bits per heavy atom. The van der Waals surface area contributed by atoms with Crippen molar-refractivity contribution in [2.24, 2.45) is 0 Å². The van der Waals surface area contributed by atoms with Crippen LogP contribution >= 0.6 is 0 Å². The summed E-state index contributed by atoms with van der Waals surface area (Å²) >= 11 is 0. The zero-order chi connectivity index (χ0) is 14.3. The number of aryl methyl sites for hydroxylation is 1. The molecule has 0 radical (unpaired) electrons. The summed E-state index contributed by atoms with van der Waals surface area (Å²) in [5.41, 5.74) is 2.36. The van der Waals surface area contributed by atoms with E-state index in [0.717, 1.165) is 17.2 Å². The van der Waals surface area contributed by atoms with Crippen molar-refractivity contribution in [2.75, 3.05) is 0 Å². The van der Waals surface area contributed by atoms with E-state index in [1.165, 1.54) is 6.07 Å². The number of hydrogen-bond acceptors (Lipinski definition) is 2. The van der Waals surface area contributed by atoms with Gasteiger partial charge in [-0.05, 0) is 24.6 Å². The number of benzene rings is 2. The fourth-order valence-corrected chi connectivity index (χ4v) is 2.21. The molecule has 2 N–H and O–H groups in total. The van der Waals surface area contributed by atoms with Crippen LogP contribution in [0.4, 0.5) is 4.39 Å². The van der Waals surface area contributed by atoms with Crippen LogP contribution in [0.25, 0.3) is 22.4 Å². The van der Waals surface area contributed by atoms with Crippen molar-refractivity contribution in [3.8, 4) is 11.4 Å². The summed E-state index contributed by atoms with van der Waals surface area (Å²) in [7, 11) is 0. The topological polar surface area (TPSA) is 66.0 Å². The number of imidazole rings is 1. The van der Waals surface area contributed by atoms with Gasteiger partial charge in [0.1, 0.15) is 17.2 Å². The van der Waals surface area contributed by atoms with Crippen LogP contribution in [0.3, 0.4) is 0 Å². The maximum atomic E-state index is 13.4. The van der Waals surface area contributed by atoms with Gasteiger partial charge in [-0.3, -0.25) is 0 Å². The highest BCUT2D eigenvalue weighted by molar-refractivity contribution is 6.01. The number of nitrogens with one attached hydrogen (secondary N) is 1.